The summed E-state index contributed by atoms with van der Waals surface area (Å²) in [5.74, 6) is 0.477. The van der Waals surface area contributed by atoms with Gasteiger partial charge in [-0.05, 0) is 48.2 Å². The van der Waals surface area contributed by atoms with E-state index in [1.807, 2.05) is 24.3 Å². The van der Waals surface area contributed by atoms with E-state index in [9.17, 15) is 13.9 Å². The van der Waals surface area contributed by atoms with Gasteiger partial charge in [0.1, 0.15) is 17.4 Å². The minimum Gasteiger partial charge on any atom is -0.497 e. The molecule has 3 N–H and O–H groups in total. The molecule has 0 saturated heterocycles. The number of methoxy groups -OCH3 is 1. The van der Waals surface area contributed by atoms with Crippen molar-refractivity contribution >= 4 is 11.9 Å². The van der Waals surface area contributed by atoms with Crippen molar-refractivity contribution in [2.24, 2.45) is 0 Å². The first-order chi connectivity index (χ1) is 14.0. The van der Waals surface area contributed by atoms with Crippen LogP contribution in [-0.2, 0) is 13.0 Å². The van der Waals surface area contributed by atoms with Gasteiger partial charge in [0, 0.05) is 31.0 Å². The highest BCUT2D eigenvalue weighted by atomic mass is 32.2. The fourth-order valence-electron chi connectivity index (χ4n) is 2.91. The van der Waals surface area contributed by atoms with E-state index in [-0.39, 0.29) is 6.04 Å². The van der Waals surface area contributed by atoms with Crippen molar-refractivity contribution in [1.29, 1.82) is 0 Å². The molecule has 0 aromatic heterocycles. The van der Waals surface area contributed by atoms with Crippen molar-refractivity contribution in [3.05, 3.63) is 65.2 Å². The highest BCUT2D eigenvalue weighted by molar-refractivity contribution is 7.97. The SMILES string of the molecule is CCCCSN[C@@H](Cc1cc(F)cc(F)c1)[C@H](O)CNCc1cccc(OC)c1. The number of benzene rings is 2. The zero-order valence-electron chi connectivity index (χ0n) is 17.0. The Hall–Kier alpha value is -1.67. The van der Waals surface area contributed by atoms with Gasteiger partial charge in [0.25, 0.3) is 0 Å². The van der Waals surface area contributed by atoms with Gasteiger partial charge in [-0.25, -0.2) is 8.78 Å². The quantitative estimate of drug-likeness (QED) is 0.334. The molecule has 29 heavy (non-hydrogen) atoms. The fraction of sp³-hybridized carbons (Fsp3) is 0.455. The second-order valence-corrected chi connectivity index (χ2v) is 7.89. The van der Waals surface area contributed by atoms with E-state index in [4.69, 9.17) is 4.74 Å². The van der Waals surface area contributed by atoms with Crippen LogP contribution < -0.4 is 14.8 Å². The molecule has 2 rings (SSSR count). The van der Waals surface area contributed by atoms with Crippen LogP contribution in [0.5, 0.6) is 5.75 Å². The molecule has 7 heteroatoms. The van der Waals surface area contributed by atoms with Crippen LogP contribution in [-0.4, -0.2) is 36.7 Å². The molecule has 2 atom stereocenters. The van der Waals surface area contributed by atoms with Crippen molar-refractivity contribution < 1.29 is 18.6 Å². The Kier molecular flexibility index (Phi) is 10.4. The van der Waals surface area contributed by atoms with Crippen LogP contribution in [0.1, 0.15) is 30.9 Å². The smallest absolute Gasteiger partial charge is 0.126 e. The molecule has 2 aromatic rings. The zero-order valence-corrected chi connectivity index (χ0v) is 17.8. The molecule has 160 valence electrons. The monoisotopic (exact) mass is 424 g/mol. The Morgan fingerprint density at radius 1 is 1.10 bits per heavy atom. The molecule has 0 amide bonds. The normalized spacial score (nSPS) is 13.3. The molecule has 0 unspecified atom stereocenters. The van der Waals surface area contributed by atoms with E-state index in [1.54, 1.807) is 7.11 Å². The van der Waals surface area contributed by atoms with E-state index < -0.39 is 17.7 Å². The predicted molar refractivity (Wildman–Crippen MR) is 115 cm³/mol. The van der Waals surface area contributed by atoms with Gasteiger partial charge in [0.2, 0.25) is 0 Å². The summed E-state index contributed by atoms with van der Waals surface area (Å²) < 4.78 is 35.6. The number of aliphatic hydroxyl groups is 1. The standard InChI is InChI=1S/C22H30F2N2O2S/c1-3-4-8-29-26-21(12-17-9-18(23)13-19(24)10-17)22(27)15-25-14-16-6-5-7-20(11-16)28-2/h5-7,9-11,13,21-22,25-27H,3-4,8,12,14-15H2,1-2H3/t21-,22+/m0/s1. The predicted octanol–water partition coefficient (Wildman–Crippen LogP) is 4.07. The van der Waals surface area contributed by atoms with Crippen molar-refractivity contribution in [2.45, 2.75) is 44.9 Å². The summed E-state index contributed by atoms with van der Waals surface area (Å²) >= 11 is 1.53. The molecule has 0 radical (unpaired) electrons. The highest BCUT2D eigenvalue weighted by Crippen LogP contribution is 2.15. The zero-order chi connectivity index (χ0) is 21.1. The summed E-state index contributed by atoms with van der Waals surface area (Å²) in [6.07, 6.45) is 1.75. The maximum atomic E-state index is 13.5. The summed E-state index contributed by atoms with van der Waals surface area (Å²) in [7, 11) is 1.62. The molecule has 4 nitrogen and oxygen atoms in total. The van der Waals surface area contributed by atoms with Gasteiger partial charge in [-0.15, -0.1) is 0 Å². The summed E-state index contributed by atoms with van der Waals surface area (Å²) in [6.45, 7) is 3.05. The van der Waals surface area contributed by atoms with Crippen LogP contribution in [0.3, 0.4) is 0 Å². The molecular formula is C22H30F2N2O2S. The number of hydrogen-bond acceptors (Lipinski definition) is 5. The lowest BCUT2D eigenvalue weighted by atomic mass is 10.0. The molecule has 0 saturated carbocycles. The first kappa shape index (κ1) is 23.6. The molecule has 0 fully saturated rings. The lowest BCUT2D eigenvalue weighted by molar-refractivity contribution is 0.136. The van der Waals surface area contributed by atoms with Crippen molar-refractivity contribution in [1.82, 2.24) is 10.0 Å². The topological polar surface area (TPSA) is 53.5 Å². The third-order valence-corrected chi connectivity index (χ3v) is 5.46. The van der Waals surface area contributed by atoms with E-state index in [1.165, 1.54) is 24.1 Å². The van der Waals surface area contributed by atoms with Gasteiger partial charge in [-0.3, -0.25) is 4.72 Å². The van der Waals surface area contributed by atoms with Crippen LogP contribution in [0, 0.1) is 11.6 Å². The van der Waals surface area contributed by atoms with E-state index in [0.717, 1.165) is 36.0 Å². The van der Waals surface area contributed by atoms with Crippen LogP contribution in [0.15, 0.2) is 42.5 Å². The first-order valence-corrected chi connectivity index (χ1v) is 10.8. The Bertz CT molecular complexity index is 728. The number of aliphatic hydroxyl groups excluding tert-OH is 1. The van der Waals surface area contributed by atoms with Crippen LogP contribution in [0.4, 0.5) is 8.78 Å². The minimum atomic E-state index is -0.721. The second kappa shape index (κ2) is 12.8. The number of halogens is 2. The van der Waals surface area contributed by atoms with Crippen LogP contribution in [0.2, 0.25) is 0 Å². The molecule has 0 spiro atoms. The first-order valence-electron chi connectivity index (χ1n) is 9.85. The summed E-state index contributed by atoms with van der Waals surface area (Å²) in [5, 5.41) is 13.9. The number of ether oxygens (including phenoxy) is 1. The van der Waals surface area contributed by atoms with Crippen LogP contribution in [0.25, 0.3) is 0 Å². The number of rotatable bonds is 13. The number of unbranched alkanes of at least 4 members (excludes halogenated alkanes) is 1. The largest absolute Gasteiger partial charge is 0.497 e. The molecule has 0 heterocycles. The van der Waals surface area contributed by atoms with Gasteiger partial charge in [-0.2, -0.15) is 0 Å². The van der Waals surface area contributed by atoms with Crippen molar-refractivity contribution in [2.75, 3.05) is 19.4 Å². The Morgan fingerprint density at radius 3 is 2.55 bits per heavy atom. The Morgan fingerprint density at radius 2 is 1.86 bits per heavy atom. The fourth-order valence-corrected chi connectivity index (χ4v) is 3.92. The molecule has 0 aliphatic heterocycles. The van der Waals surface area contributed by atoms with E-state index in [2.05, 4.69) is 17.0 Å². The van der Waals surface area contributed by atoms with Crippen molar-refractivity contribution in [3.8, 4) is 5.75 Å². The maximum Gasteiger partial charge on any atom is 0.126 e. The van der Waals surface area contributed by atoms with E-state index >= 15 is 0 Å². The minimum absolute atomic E-state index is 0.329. The van der Waals surface area contributed by atoms with Crippen molar-refractivity contribution in [3.63, 3.8) is 0 Å². The van der Waals surface area contributed by atoms with E-state index in [0.29, 0.717) is 25.1 Å². The maximum absolute atomic E-state index is 13.5. The molecule has 0 aliphatic rings. The molecule has 2 aromatic carbocycles. The summed E-state index contributed by atoms with van der Waals surface area (Å²) in [5.41, 5.74) is 1.56. The lowest BCUT2D eigenvalue weighted by Crippen LogP contribution is -2.44. The number of nitrogens with one attached hydrogen (secondary N) is 2. The van der Waals surface area contributed by atoms with Gasteiger partial charge in [0.15, 0.2) is 0 Å². The van der Waals surface area contributed by atoms with Crippen LogP contribution >= 0.6 is 11.9 Å². The third kappa shape index (κ3) is 8.70. The number of hydrogen-bond donors (Lipinski definition) is 3. The molecule has 0 aliphatic carbocycles. The summed E-state index contributed by atoms with van der Waals surface area (Å²) in [6, 6.07) is 10.8. The Balaban J connectivity index is 1.94. The second-order valence-electron chi connectivity index (χ2n) is 6.96. The summed E-state index contributed by atoms with van der Waals surface area (Å²) in [4.78, 5) is 0. The van der Waals surface area contributed by atoms with Gasteiger partial charge >= 0.3 is 0 Å². The molecular weight excluding hydrogens is 394 g/mol. The molecule has 0 bridgehead atoms. The average Bonchev–Trinajstić information content (AvgIpc) is 2.69. The third-order valence-electron chi connectivity index (χ3n) is 4.49. The Labute approximate surface area is 176 Å². The van der Waals surface area contributed by atoms with Gasteiger partial charge < -0.3 is 15.2 Å². The van der Waals surface area contributed by atoms with Gasteiger partial charge in [0.05, 0.1) is 13.2 Å². The lowest BCUT2D eigenvalue weighted by Gasteiger charge is -2.24. The van der Waals surface area contributed by atoms with Gasteiger partial charge in [-0.1, -0.05) is 37.4 Å². The highest BCUT2D eigenvalue weighted by Gasteiger charge is 2.20. The average molecular weight is 425 g/mol.